The fourth-order valence-electron chi connectivity index (χ4n) is 1.13. The highest BCUT2D eigenvalue weighted by molar-refractivity contribution is 5.70. The van der Waals surface area contributed by atoms with Crippen LogP contribution in [0, 0.1) is 11.3 Å². The Labute approximate surface area is 80.4 Å². The van der Waals surface area contributed by atoms with Crippen molar-refractivity contribution in [1.29, 1.82) is 5.26 Å². The summed E-state index contributed by atoms with van der Waals surface area (Å²) in [4.78, 5) is 10.4. The van der Waals surface area contributed by atoms with Crippen molar-refractivity contribution >= 4 is 5.97 Å². The van der Waals surface area contributed by atoms with E-state index in [0.717, 1.165) is 0 Å². The monoisotopic (exact) mass is 193 g/mol. The molecular weight excluding hydrogens is 185 g/mol. The van der Waals surface area contributed by atoms with E-state index in [1.165, 1.54) is 18.2 Å². The van der Waals surface area contributed by atoms with Gasteiger partial charge in [0.2, 0.25) is 0 Å². The molecule has 0 amide bonds. The van der Waals surface area contributed by atoms with Gasteiger partial charge >= 0.3 is 5.97 Å². The van der Waals surface area contributed by atoms with Gasteiger partial charge in [-0.15, -0.1) is 0 Å². The van der Waals surface area contributed by atoms with E-state index in [9.17, 15) is 9.18 Å². The first-order valence-corrected chi connectivity index (χ1v) is 3.97. The molecule has 0 spiro atoms. The van der Waals surface area contributed by atoms with Crippen LogP contribution in [0.15, 0.2) is 18.2 Å². The van der Waals surface area contributed by atoms with Crippen LogP contribution in [0.1, 0.15) is 16.7 Å². The molecule has 3 nitrogen and oxygen atoms in total. The third kappa shape index (κ3) is 2.30. The molecule has 0 fully saturated rings. The van der Waals surface area contributed by atoms with E-state index in [1.807, 2.05) is 6.07 Å². The second kappa shape index (κ2) is 4.38. The lowest BCUT2D eigenvalue weighted by molar-refractivity contribution is -0.136. The van der Waals surface area contributed by atoms with Crippen molar-refractivity contribution in [3.63, 3.8) is 0 Å². The number of nitriles is 1. The number of benzene rings is 1. The van der Waals surface area contributed by atoms with Crippen molar-refractivity contribution in [3.05, 3.63) is 34.9 Å². The van der Waals surface area contributed by atoms with Crippen LogP contribution in [0.5, 0.6) is 0 Å². The number of hydrogen-bond donors (Lipinski definition) is 1. The molecule has 1 aromatic carbocycles. The summed E-state index contributed by atoms with van der Waals surface area (Å²) in [5, 5.41) is 17.1. The molecule has 72 valence electrons. The maximum Gasteiger partial charge on any atom is 0.307 e. The number of carboxylic acids is 1. The van der Waals surface area contributed by atoms with Crippen LogP contribution in [-0.4, -0.2) is 11.1 Å². The normalized spacial score (nSPS) is 9.43. The molecule has 0 bridgehead atoms. The summed E-state index contributed by atoms with van der Waals surface area (Å²) >= 11 is 0. The molecule has 0 saturated heterocycles. The lowest BCUT2D eigenvalue weighted by Crippen LogP contribution is -2.01. The predicted octanol–water partition coefficient (Wildman–Crippen LogP) is 1.65. The Morgan fingerprint density at radius 2 is 2.29 bits per heavy atom. The third-order valence-electron chi connectivity index (χ3n) is 1.79. The molecule has 0 aliphatic rings. The third-order valence-corrected chi connectivity index (χ3v) is 1.79. The van der Waals surface area contributed by atoms with E-state index < -0.39 is 12.6 Å². The van der Waals surface area contributed by atoms with Crippen molar-refractivity contribution in [1.82, 2.24) is 0 Å². The minimum atomic E-state index is -0.970. The van der Waals surface area contributed by atoms with Gasteiger partial charge in [0, 0.05) is 5.56 Å². The summed E-state index contributed by atoms with van der Waals surface area (Å²) < 4.78 is 12.3. The number of halogens is 1. The molecule has 1 rings (SSSR count). The van der Waals surface area contributed by atoms with Gasteiger partial charge in [-0.2, -0.15) is 5.26 Å². The summed E-state index contributed by atoms with van der Waals surface area (Å²) in [6, 6.07) is 6.19. The summed E-state index contributed by atoms with van der Waals surface area (Å²) in [5.74, 6) is -0.970. The lowest BCUT2D eigenvalue weighted by Gasteiger charge is -2.01. The first kappa shape index (κ1) is 10.2. The fourth-order valence-corrected chi connectivity index (χ4v) is 1.13. The Hall–Kier alpha value is -1.89. The van der Waals surface area contributed by atoms with Gasteiger partial charge in [0.15, 0.2) is 0 Å². The second-order valence-corrected chi connectivity index (χ2v) is 2.81. The summed E-state index contributed by atoms with van der Waals surface area (Å²) in [5.41, 5.74) is 0.999. The SMILES string of the molecule is N#Cc1cc(CC(=O)O)ccc1CF. The van der Waals surface area contributed by atoms with Crippen molar-refractivity contribution < 1.29 is 14.3 Å². The van der Waals surface area contributed by atoms with Gasteiger partial charge in [-0.3, -0.25) is 4.79 Å². The zero-order chi connectivity index (χ0) is 10.6. The first-order valence-electron chi connectivity index (χ1n) is 3.97. The zero-order valence-corrected chi connectivity index (χ0v) is 7.33. The number of carboxylic acid groups (broad SMARTS) is 1. The average molecular weight is 193 g/mol. The molecule has 0 aliphatic carbocycles. The fraction of sp³-hybridized carbons (Fsp3) is 0.200. The van der Waals surface area contributed by atoms with Crippen LogP contribution in [0.3, 0.4) is 0 Å². The van der Waals surface area contributed by atoms with E-state index in [2.05, 4.69) is 0 Å². The zero-order valence-electron chi connectivity index (χ0n) is 7.33. The van der Waals surface area contributed by atoms with Crippen LogP contribution >= 0.6 is 0 Å². The lowest BCUT2D eigenvalue weighted by atomic mass is 10.0. The molecule has 0 heterocycles. The van der Waals surface area contributed by atoms with Crippen LogP contribution in [-0.2, 0) is 17.9 Å². The van der Waals surface area contributed by atoms with Crippen molar-refractivity contribution in [3.8, 4) is 6.07 Å². The molecule has 0 saturated carbocycles. The van der Waals surface area contributed by atoms with Gasteiger partial charge in [-0.05, 0) is 11.6 Å². The van der Waals surface area contributed by atoms with Crippen LogP contribution in [0.2, 0.25) is 0 Å². The van der Waals surface area contributed by atoms with Crippen LogP contribution in [0.25, 0.3) is 0 Å². The van der Waals surface area contributed by atoms with Gasteiger partial charge in [0.05, 0.1) is 18.1 Å². The minimum absolute atomic E-state index is 0.152. The summed E-state index contributed by atoms with van der Waals surface area (Å²) in [6.45, 7) is -0.712. The smallest absolute Gasteiger partial charge is 0.307 e. The highest BCUT2D eigenvalue weighted by atomic mass is 19.1. The maximum absolute atomic E-state index is 12.3. The van der Waals surface area contributed by atoms with Gasteiger partial charge in [0.25, 0.3) is 0 Å². The molecular formula is C10H8FNO2. The maximum atomic E-state index is 12.3. The minimum Gasteiger partial charge on any atom is -0.481 e. The van der Waals surface area contributed by atoms with E-state index in [1.54, 1.807) is 0 Å². The molecule has 0 radical (unpaired) electrons. The van der Waals surface area contributed by atoms with Gasteiger partial charge in [-0.25, -0.2) is 4.39 Å². The van der Waals surface area contributed by atoms with Gasteiger partial charge < -0.3 is 5.11 Å². The van der Waals surface area contributed by atoms with Crippen LogP contribution < -0.4 is 0 Å². The summed E-state index contributed by atoms with van der Waals surface area (Å²) in [7, 11) is 0. The molecule has 1 aromatic rings. The van der Waals surface area contributed by atoms with Gasteiger partial charge in [0.1, 0.15) is 6.67 Å². The topological polar surface area (TPSA) is 61.1 Å². The molecule has 0 aromatic heterocycles. The quantitative estimate of drug-likeness (QED) is 0.793. The Bertz CT molecular complexity index is 396. The summed E-state index contributed by atoms with van der Waals surface area (Å²) in [6.07, 6.45) is -0.152. The predicted molar refractivity (Wildman–Crippen MR) is 47.3 cm³/mol. The van der Waals surface area contributed by atoms with E-state index >= 15 is 0 Å². The Morgan fingerprint density at radius 1 is 1.57 bits per heavy atom. The molecule has 14 heavy (non-hydrogen) atoms. The van der Waals surface area contributed by atoms with E-state index in [-0.39, 0.29) is 12.0 Å². The number of alkyl halides is 1. The van der Waals surface area contributed by atoms with Crippen molar-refractivity contribution in [2.45, 2.75) is 13.1 Å². The molecule has 1 N–H and O–H groups in total. The Kier molecular flexibility index (Phi) is 3.19. The number of hydrogen-bond acceptors (Lipinski definition) is 2. The van der Waals surface area contributed by atoms with E-state index in [0.29, 0.717) is 11.1 Å². The standard InChI is InChI=1S/C10H8FNO2/c11-5-8-2-1-7(4-10(13)14)3-9(8)6-12/h1-3H,4-5H2,(H,13,14). The number of carbonyl (C=O) groups is 1. The average Bonchev–Trinajstić information content (AvgIpc) is 2.16. The highest BCUT2D eigenvalue weighted by Gasteiger charge is 2.05. The first-order chi connectivity index (χ1) is 6.67. The van der Waals surface area contributed by atoms with Crippen molar-refractivity contribution in [2.24, 2.45) is 0 Å². The molecule has 0 unspecified atom stereocenters. The number of rotatable bonds is 3. The van der Waals surface area contributed by atoms with Gasteiger partial charge in [-0.1, -0.05) is 12.1 Å². The molecule has 0 aliphatic heterocycles. The molecule has 4 heteroatoms. The Morgan fingerprint density at radius 3 is 2.79 bits per heavy atom. The number of aliphatic carboxylic acids is 1. The van der Waals surface area contributed by atoms with E-state index in [4.69, 9.17) is 10.4 Å². The number of nitrogens with zero attached hydrogens (tertiary/aromatic N) is 1. The second-order valence-electron chi connectivity index (χ2n) is 2.81. The largest absolute Gasteiger partial charge is 0.481 e. The molecule has 0 atom stereocenters. The highest BCUT2D eigenvalue weighted by Crippen LogP contribution is 2.12. The van der Waals surface area contributed by atoms with Crippen molar-refractivity contribution in [2.75, 3.05) is 0 Å². The Balaban J connectivity index is 3.03. The van der Waals surface area contributed by atoms with Crippen LogP contribution in [0.4, 0.5) is 4.39 Å².